The van der Waals surface area contributed by atoms with Gasteiger partial charge in [0.15, 0.2) is 0 Å². The molecule has 2 aromatic rings. The molecule has 1 saturated carbocycles. The van der Waals surface area contributed by atoms with Crippen LogP contribution >= 0.6 is 0 Å². The highest BCUT2D eigenvalue weighted by Crippen LogP contribution is 2.42. The van der Waals surface area contributed by atoms with Crippen LogP contribution in [0.15, 0.2) is 48.5 Å². The van der Waals surface area contributed by atoms with Gasteiger partial charge >= 0.3 is 0 Å². The number of halogens is 2. The molecule has 0 heterocycles. The summed E-state index contributed by atoms with van der Waals surface area (Å²) in [5.74, 6) is -0.433. The molecular formula is C19H20F2N2. The van der Waals surface area contributed by atoms with Crippen LogP contribution in [0.3, 0.4) is 0 Å². The van der Waals surface area contributed by atoms with Crippen LogP contribution in [0.5, 0.6) is 0 Å². The molecule has 3 rings (SSSR count). The topological polar surface area (TPSA) is 49.8 Å². The zero-order valence-electron chi connectivity index (χ0n) is 12.9. The average molecular weight is 314 g/mol. The minimum atomic E-state index is -0.262. The van der Waals surface area contributed by atoms with Gasteiger partial charge in [0.25, 0.3) is 0 Å². The molecule has 0 radical (unpaired) electrons. The summed E-state index contributed by atoms with van der Waals surface area (Å²) >= 11 is 0. The van der Waals surface area contributed by atoms with Crippen LogP contribution in [-0.4, -0.2) is 6.54 Å². The summed E-state index contributed by atoms with van der Waals surface area (Å²) in [5, 5.41) is 8.25. The van der Waals surface area contributed by atoms with Crippen LogP contribution in [0.1, 0.15) is 30.4 Å². The highest BCUT2D eigenvalue weighted by atomic mass is 19.1. The van der Waals surface area contributed by atoms with Crippen molar-refractivity contribution in [3.8, 4) is 6.07 Å². The fourth-order valence-electron chi connectivity index (χ4n) is 2.71. The van der Waals surface area contributed by atoms with Gasteiger partial charge in [-0.05, 0) is 48.2 Å². The van der Waals surface area contributed by atoms with E-state index in [1.807, 2.05) is 18.2 Å². The zero-order chi connectivity index (χ0) is 16.7. The maximum absolute atomic E-state index is 12.7. The second-order valence-corrected chi connectivity index (χ2v) is 5.81. The lowest BCUT2D eigenvalue weighted by molar-refractivity contribution is 0.253. The largest absolute Gasteiger partial charge is 0.330 e. The van der Waals surface area contributed by atoms with Crippen molar-refractivity contribution < 1.29 is 8.78 Å². The van der Waals surface area contributed by atoms with E-state index < -0.39 is 0 Å². The van der Waals surface area contributed by atoms with Gasteiger partial charge in [-0.25, -0.2) is 8.78 Å². The van der Waals surface area contributed by atoms with Crippen molar-refractivity contribution in [1.82, 2.24) is 0 Å². The molecule has 1 aliphatic carbocycles. The van der Waals surface area contributed by atoms with Gasteiger partial charge in [0.2, 0.25) is 0 Å². The molecule has 0 saturated heterocycles. The summed E-state index contributed by atoms with van der Waals surface area (Å²) in [5.41, 5.74) is 7.95. The maximum Gasteiger partial charge on any atom is 0.123 e. The van der Waals surface area contributed by atoms with Crippen LogP contribution in [0, 0.1) is 23.0 Å². The molecule has 0 aromatic heterocycles. The molecule has 0 atom stereocenters. The SMILES string of the molecule is N#CCc1ccc(F)cc1.NCC1(c2ccc(F)cc2)CCC1. The quantitative estimate of drug-likeness (QED) is 0.927. The highest BCUT2D eigenvalue weighted by molar-refractivity contribution is 5.28. The van der Waals surface area contributed by atoms with Crippen molar-refractivity contribution in [3.05, 3.63) is 71.3 Å². The summed E-state index contributed by atoms with van der Waals surface area (Å²) in [6.45, 7) is 0.679. The predicted molar refractivity (Wildman–Crippen MR) is 86.7 cm³/mol. The van der Waals surface area contributed by atoms with Crippen molar-refractivity contribution in [1.29, 1.82) is 5.26 Å². The smallest absolute Gasteiger partial charge is 0.123 e. The molecule has 0 unspecified atom stereocenters. The third kappa shape index (κ3) is 4.37. The molecule has 0 amide bonds. The molecule has 1 fully saturated rings. The van der Waals surface area contributed by atoms with Crippen molar-refractivity contribution >= 4 is 0 Å². The third-order valence-corrected chi connectivity index (χ3v) is 4.35. The van der Waals surface area contributed by atoms with E-state index in [-0.39, 0.29) is 17.0 Å². The van der Waals surface area contributed by atoms with Crippen molar-refractivity contribution in [2.24, 2.45) is 5.73 Å². The Morgan fingerprint density at radius 1 is 0.957 bits per heavy atom. The van der Waals surface area contributed by atoms with Crippen molar-refractivity contribution in [3.63, 3.8) is 0 Å². The first-order chi connectivity index (χ1) is 11.1. The summed E-state index contributed by atoms with van der Waals surface area (Å²) in [6.07, 6.45) is 3.89. The van der Waals surface area contributed by atoms with E-state index in [0.29, 0.717) is 13.0 Å². The number of nitrogens with two attached hydrogens (primary N) is 1. The van der Waals surface area contributed by atoms with Gasteiger partial charge in [0, 0.05) is 12.0 Å². The number of hydrogen-bond donors (Lipinski definition) is 1. The molecule has 120 valence electrons. The normalized spacial score (nSPS) is 14.9. The summed E-state index contributed by atoms with van der Waals surface area (Å²) in [6, 6.07) is 14.7. The Balaban J connectivity index is 0.000000174. The van der Waals surface area contributed by atoms with Gasteiger partial charge in [0.1, 0.15) is 11.6 Å². The van der Waals surface area contributed by atoms with Crippen LogP contribution in [0.25, 0.3) is 0 Å². The van der Waals surface area contributed by atoms with Crippen molar-refractivity contribution in [2.45, 2.75) is 31.1 Å². The molecule has 1 aliphatic rings. The monoisotopic (exact) mass is 314 g/mol. The molecule has 2 aromatic carbocycles. The van der Waals surface area contributed by atoms with Crippen molar-refractivity contribution in [2.75, 3.05) is 6.54 Å². The molecule has 2 nitrogen and oxygen atoms in total. The van der Waals surface area contributed by atoms with E-state index in [1.165, 1.54) is 36.2 Å². The molecule has 23 heavy (non-hydrogen) atoms. The van der Waals surface area contributed by atoms with E-state index >= 15 is 0 Å². The molecule has 0 spiro atoms. The first-order valence-corrected chi connectivity index (χ1v) is 7.67. The van der Waals surface area contributed by atoms with Crippen LogP contribution in [-0.2, 0) is 11.8 Å². The lowest BCUT2D eigenvalue weighted by Gasteiger charge is -2.41. The number of nitriles is 1. The number of nitrogens with zero attached hydrogens (tertiary/aromatic N) is 1. The summed E-state index contributed by atoms with van der Waals surface area (Å²) in [4.78, 5) is 0. The van der Waals surface area contributed by atoms with Crippen LogP contribution < -0.4 is 5.73 Å². The predicted octanol–water partition coefficient (Wildman–Crippen LogP) is 4.10. The lowest BCUT2D eigenvalue weighted by Crippen LogP contribution is -2.41. The zero-order valence-corrected chi connectivity index (χ0v) is 12.9. The third-order valence-electron chi connectivity index (χ3n) is 4.35. The van der Waals surface area contributed by atoms with Gasteiger partial charge in [-0.15, -0.1) is 0 Å². The molecule has 0 aliphatic heterocycles. The van der Waals surface area contributed by atoms with E-state index in [1.54, 1.807) is 12.1 Å². The first-order valence-electron chi connectivity index (χ1n) is 7.67. The fourth-order valence-corrected chi connectivity index (χ4v) is 2.71. The second-order valence-electron chi connectivity index (χ2n) is 5.81. The number of benzene rings is 2. The Morgan fingerprint density at radius 3 is 1.87 bits per heavy atom. The van der Waals surface area contributed by atoms with Crippen LogP contribution in [0.2, 0.25) is 0 Å². The first kappa shape index (κ1) is 17.1. The average Bonchev–Trinajstić information content (AvgIpc) is 2.52. The Kier molecular flexibility index (Phi) is 5.84. The molecule has 4 heteroatoms. The van der Waals surface area contributed by atoms with Gasteiger partial charge in [-0.1, -0.05) is 30.7 Å². The van der Waals surface area contributed by atoms with Crippen LogP contribution in [0.4, 0.5) is 8.78 Å². The molecule has 0 bridgehead atoms. The number of rotatable bonds is 3. The Morgan fingerprint density at radius 2 is 1.48 bits per heavy atom. The van der Waals surface area contributed by atoms with Gasteiger partial charge in [-0.3, -0.25) is 0 Å². The minimum Gasteiger partial charge on any atom is -0.330 e. The molecular weight excluding hydrogens is 294 g/mol. The number of hydrogen-bond acceptors (Lipinski definition) is 2. The van der Waals surface area contributed by atoms with E-state index in [2.05, 4.69) is 0 Å². The summed E-state index contributed by atoms with van der Waals surface area (Å²) < 4.78 is 24.9. The van der Waals surface area contributed by atoms with Gasteiger partial charge in [0.05, 0.1) is 12.5 Å². The van der Waals surface area contributed by atoms with E-state index in [9.17, 15) is 8.78 Å². The van der Waals surface area contributed by atoms with E-state index in [4.69, 9.17) is 11.0 Å². The minimum absolute atomic E-state index is 0.160. The lowest BCUT2D eigenvalue weighted by atomic mass is 9.64. The Bertz CT molecular complexity index is 648. The summed E-state index contributed by atoms with van der Waals surface area (Å²) in [7, 11) is 0. The Hall–Kier alpha value is -2.25. The fraction of sp³-hybridized carbons (Fsp3) is 0.316. The Labute approximate surface area is 135 Å². The van der Waals surface area contributed by atoms with Gasteiger partial charge < -0.3 is 5.73 Å². The van der Waals surface area contributed by atoms with E-state index in [0.717, 1.165) is 18.4 Å². The standard InChI is InChI=1S/C11H14FN.C8H6FN/c12-10-4-2-9(3-5-10)11(8-13)6-1-7-11;9-8-3-1-7(2-4-8)5-6-10/h2-5H,1,6-8,13H2;1-4H,5H2. The molecule has 2 N–H and O–H groups in total. The van der Waals surface area contributed by atoms with Gasteiger partial charge in [-0.2, -0.15) is 5.26 Å². The maximum atomic E-state index is 12.7. The second kappa shape index (κ2) is 7.85. The highest BCUT2D eigenvalue weighted by Gasteiger charge is 2.36.